The lowest BCUT2D eigenvalue weighted by Crippen LogP contribution is -2.59. The SMILES string of the molecule is CCCNC1CC(C)CC(C)C1N(CC(C)C)C(C)C. The van der Waals surface area contributed by atoms with E-state index in [-0.39, 0.29) is 0 Å². The minimum absolute atomic E-state index is 0.643. The molecule has 20 heavy (non-hydrogen) atoms. The van der Waals surface area contributed by atoms with Crippen molar-refractivity contribution in [2.45, 2.75) is 85.9 Å². The first-order valence-electron chi connectivity index (χ1n) is 8.85. The summed E-state index contributed by atoms with van der Waals surface area (Å²) in [6, 6.07) is 2.03. The summed E-state index contributed by atoms with van der Waals surface area (Å²) in [6.07, 6.45) is 3.96. The van der Waals surface area contributed by atoms with Gasteiger partial charge in [0, 0.05) is 24.7 Å². The summed E-state index contributed by atoms with van der Waals surface area (Å²) in [5.41, 5.74) is 0. The quantitative estimate of drug-likeness (QED) is 0.754. The van der Waals surface area contributed by atoms with Crippen LogP contribution in [-0.2, 0) is 0 Å². The summed E-state index contributed by atoms with van der Waals surface area (Å²) in [6.45, 7) is 19.0. The maximum atomic E-state index is 3.85. The minimum Gasteiger partial charge on any atom is -0.312 e. The topological polar surface area (TPSA) is 15.3 Å². The molecule has 1 fully saturated rings. The van der Waals surface area contributed by atoms with Gasteiger partial charge in [0.1, 0.15) is 0 Å². The monoisotopic (exact) mass is 282 g/mol. The Kier molecular flexibility index (Phi) is 7.53. The number of hydrogen-bond donors (Lipinski definition) is 1. The van der Waals surface area contributed by atoms with Crippen LogP contribution in [0.1, 0.15) is 67.7 Å². The smallest absolute Gasteiger partial charge is 0.0277 e. The van der Waals surface area contributed by atoms with E-state index in [4.69, 9.17) is 0 Å². The molecular weight excluding hydrogens is 244 g/mol. The highest BCUT2D eigenvalue weighted by Crippen LogP contribution is 2.33. The zero-order valence-electron chi connectivity index (χ0n) is 14.9. The fraction of sp³-hybridized carbons (Fsp3) is 1.00. The van der Waals surface area contributed by atoms with Crippen molar-refractivity contribution in [2.75, 3.05) is 13.1 Å². The first-order valence-corrected chi connectivity index (χ1v) is 8.85. The second-order valence-electron chi connectivity index (χ2n) is 7.79. The largest absolute Gasteiger partial charge is 0.312 e. The molecule has 2 nitrogen and oxygen atoms in total. The summed E-state index contributed by atoms with van der Waals surface area (Å²) in [5.74, 6) is 2.41. The van der Waals surface area contributed by atoms with Crippen LogP contribution in [0.3, 0.4) is 0 Å². The van der Waals surface area contributed by atoms with Crippen LogP contribution in [0.15, 0.2) is 0 Å². The molecule has 4 unspecified atom stereocenters. The standard InChI is InChI=1S/C18H38N2/c1-8-9-19-17-11-15(6)10-16(7)18(17)20(14(4)5)12-13(2)3/h13-19H,8-12H2,1-7H3. The Hall–Kier alpha value is -0.0800. The van der Waals surface area contributed by atoms with Crippen LogP contribution in [0, 0.1) is 17.8 Å². The molecule has 1 N–H and O–H groups in total. The molecule has 0 spiro atoms. The Morgan fingerprint density at radius 1 is 1.10 bits per heavy atom. The average Bonchev–Trinajstić information content (AvgIpc) is 2.33. The van der Waals surface area contributed by atoms with Crippen LogP contribution < -0.4 is 5.32 Å². The molecule has 1 aliphatic carbocycles. The first kappa shape index (κ1) is 18.0. The van der Waals surface area contributed by atoms with Gasteiger partial charge in [-0.3, -0.25) is 4.90 Å². The molecule has 0 radical (unpaired) electrons. The van der Waals surface area contributed by atoms with Gasteiger partial charge in [0.25, 0.3) is 0 Å². The lowest BCUT2D eigenvalue weighted by atomic mass is 9.75. The van der Waals surface area contributed by atoms with Gasteiger partial charge in [-0.25, -0.2) is 0 Å². The highest BCUT2D eigenvalue weighted by Gasteiger charge is 2.38. The van der Waals surface area contributed by atoms with Gasteiger partial charge < -0.3 is 5.32 Å². The van der Waals surface area contributed by atoms with Gasteiger partial charge in [0.2, 0.25) is 0 Å². The molecule has 0 aromatic rings. The lowest BCUT2D eigenvalue weighted by molar-refractivity contribution is 0.0315. The third-order valence-corrected chi connectivity index (χ3v) is 4.70. The molecule has 0 amide bonds. The zero-order valence-corrected chi connectivity index (χ0v) is 14.9. The molecule has 2 heteroatoms. The van der Waals surface area contributed by atoms with Gasteiger partial charge in [-0.2, -0.15) is 0 Å². The van der Waals surface area contributed by atoms with E-state index in [0.29, 0.717) is 18.1 Å². The van der Waals surface area contributed by atoms with Crippen molar-refractivity contribution < 1.29 is 0 Å². The third-order valence-electron chi connectivity index (χ3n) is 4.70. The molecule has 0 saturated heterocycles. The summed E-state index contributed by atoms with van der Waals surface area (Å²) in [7, 11) is 0. The van der Waals surface area contributed by atoms with E-state index >= 15 is 0 Å². The highest BCUT2D eigenvalue weighted by atomic mass is 15.2. The Balaban J connectivity index is 2.86. The molecular formula is C18H38N2. The molecule has 0 aliphatic heterocycles. The van der Waals surface area contributed by atoms with E-state index in [0.717, 1.165) is 24.3 Å². The van der Waals surface area contributed by atoms with Crippen molar-refractivity contribution >= 4 is 0 Å². The summed E-state index contributed by atoms with van der Waals surface area (Å²) < 4.78 is 0. The maximum absolute atomic E-state index is 3.85. The molecule has 1 saturated carbocycles. The van der Waals surface area contributed by atoms with E-state index in [1.807, 2.05) is 0 Å². The minimum atomic E-state index is 0.643. The fourth-order valence-electron chi connectivity index (χ4n) is 4.03. The predicted octanol–water partition coefficient (Wildman–Crippen LogP) is 4.16. The second kappa shape index (κ2) is 8.38. The van der Waals surface area contributed by atoms with Gasteiger partial charge in [-0.1, -0.05) is 34.6 Å². The van der Waals surface area contributed by atoms with Gasteiger partial charge >= 0.3 is 0 Å². The van der Waals surface area contributed by atoms with Crippen molar-refractivity contribution in [1.82, 2.24) is 10.2 Å². The lowest BCUT2D eigenvalue weighted by Gasteiger charge is -2.48. The van der Waals surface area contributed by atoms with Crippen LogP contribution >= 0.6 is 0 Å². The van der Waals surface area contributed by atoms with E-state index in [1.165, 1.54) is 25.8 Å². The van der Waals surface area contributed by atoms with E-state index in [1.54, 1.807) is 0 Å². The number of rotatable bonds is 7. The number of hydrogen-bond acceptors (Lipinski definition) is 2. The number of nitrogens with zero attached hydrogens (tertiary/aromatic N) is 1. The highest BCUT2D eigenvalue weighted by molar-refractivity contribution is 4.95. The van der Waals surface area contributed by atoms with Gasteiger partial charge in [-0.15, -0.1) is 0 Å². The average molecular weight is 283 g/mol. The Morgan fingerprint density at radius 3 is 2.25 bits per heavy atom. The van der Waals surface area contributed by atoms with Crippen molar-refractivity contribution in [3.63, 3.8) is 0 Å². The Labute approximate surface area is 127 Å². The molecule has 0 bridgehead atoms. The molecule has 0 aromatic carbocycles. The van der Waals surface area contributed by atoms with Gasteiger partial charge in [0.05, 0.1) is 0 Å². The summed E-state index contributed by atoms with van der Waals surface area (Å²) in [4.78, 5) is 2.77. The van der Waals surface area contributed by atoms with Crippen LogP contribution in [-0.4, -0.2) is 36.1 Å². The Bertz CT molecular complexity index is 262. The third kappa shape index (κ3) is 5.04. The molecule has 1 rings (SSSR count). The Morgan fingerprint density at radius 2 is 1.75 bits per heavy atom. The van der Waals surface area contributed by atoms with E-state index in [9.17, 15) is 0 Å². The van der Waals surface area contributed by atoms with Crippen molar-refractivity contribution in [1.29, 1.82) is 0 Å². The van der Waals surface area contributed by atoms with Crippen molar-refractivity contribution in [3.8, 4) is 0 Å². The van der Waals surface area contributed by atoms with E-state index < -0.39 is 0 Å². The molecule has 1 aliphatic rings. The molecule has 0 heterocycles. The normalized spacial score (nSPS) is 31.5. The fourth-order valence-corrected chi connectivity index (χ4v) is 4.03. The van der Waals surface area contributed by atoms with Crippen molar-refractivity contribution in [3.05, 3.63) is 0 Å². The molecule has 0 aromatic heterocycles. The van der Waals surface area contributed by atoms with Crippen LogP contribution in [0.4, 0.5) is 0 Å². The summed E-state index contributed by atoms with van der Waals surface area (Å²) in [5, 5.41) is 3.85. The zero-order chi connectivity index (χ0) is 15.3. The second-order valence-corrected chi connectivity index (χ2v) is 7.79. The number of nitrogens with one attached hydrogen (secondary N) is 1. The van der Waals surface area contributed by atoms with Crippen LogP contribution in [0.25, 0.3) is 0 Å². The van der Waals surface area contributed by atoms with Crippen LogP contribution in [0.5, 0.6) is 0 Å². The first-order chi connectivity index (χ1) is 9.36. The van der Waals surface area contributed by atoms with Crippen molar-refractivity contribution in [2.24, 2.45) is 17.8 Å². The summed E-state index contributed by atoms with van der Waals surface area (Å²) >= 11 is 0. The predicted molar refractivity (Wildman–Crippen MR) is 90.1 cm³/mol. The van der Waals surface area contributed by atoms with Gasteiger partial charge in [0.15, 0.2) is 0 Å². The van der Waals surface area contributed by atoms with Gasteiger partial charge in [-0.05, 0) is 57.4 Å². The molecule has 4 atom stereocenters. The van der Waals surface area contributed by atoms with E-state index in [2.05, 4.69) is 58.7 Å². The van der Waals surface area contributed by atoms with Crippen LogP contribution in [0.2, 0.25) is 0 Å². The molecule has 120 valence electrons. The maximum Gasteiger partial charge on any atom is 0.0277 e.